The average molecular weight is 497 g/mol. The summed E-state index contributed by atoms with van der Waals surface area (Å²) >= 11 is 3.40. The number of halogens is 1. The molecule has 0 saturated carbocycles. The van der Waals surface area contributed by atoms with E-state index in [1.165, 1.54) is 12.1 Å². The van der Waals surface area contributed by atoms with Crippen LogP contribution in [0.4, 0.5) is 5.69 Å². The van der Waals surface area contributed by atoms with Crippen molar-refractivity contribution in [2.24, 2.45) is 0 Å². The zero-order valence-electron chi connectivity index (χ0n) is 17.4. The van der Waals surface area contributed by atoms with Gasteiger partial charge in [0, 0.05) is 16.7 Å². The molecule has 0 aliphatic rings. The number of ether oxygens (including phenoxy) is 1. The SMILES string of the molecule is CCCCCCOc1ccc(Br)cc1C(=O)Nc1ccc(S(=O)(=O)NCCC)cc1. The molecule has 0 atom stereocenters. The van der Waals surface area contributed by atoms with Gasteiger partial charge < -0.3 is 10.1 Å². The molecule has 0 unspecified atom stereocenters. The minimum absolute atomic E-state index is 0.160. The van der Waals surface area contributed by atoms with Crippen molar-refractivity contribution in [1.29, 1.82) is 0 Å². The number of sulfonamides is 1. The van der Waals surface area contributed by atoms with Crippen LogP contribution < -0.4 is 14.8 Å². The molecule has 0 heterocycles. The van der Waals surface area contributed by atoms with Crippen molar-refractivity contribution in [1.82, 2.24) is 4.72 Å². The second-order valence-electron chi connectivity index (χ2n) is 6.93. The van der Waals surface area contributed by atoms with Crippen molar-refractivity contribution in [3.63, 3.8) is 0 Å². The lowest BCUT2D eigenvalue weighted by molar-refractivity contribution is 0.102. The number of benzene rings is 2. The average Bonchev–Trinajstić information content (AvgIpc) is 2.73. The molecule has 2 aromatic rings. The Bertz CT molecular complexity index is 931. The van der Waals surface area contributed by atoms with Crippen LogP contribution in [0.1, 0.15) is 56.3 Å². The molecule has 0 fully saturated rings. The van der Waals surface area contributed by atoms with Gasteiger partial charge in [-0.05, 0) is 55.3 Å². The Hall–Kier alpha value is -1.90. The second-order valence-corrected chi connectivity index (χ2v) is 9.61. The smallest absolute Gasteiger partial charge is 0.259 e. The summed E-state index contributed by atoms with van der Waals surface area (Å²) < 4.78 is 33.5. The first-order valence-corrected chi connectivity index (χ1v) is 12.5. The Kier molecular flexibility index (Phi) is 9.81. The van der Waals surface area contributed by atoms with Gasteiger partial charge in [0.2, 0.25) is 10.0 Å². The van der Waals surface area contributed by atoms with E-state index in [-0.39, 0.29) is 10.8 Å². The lowest BCUT2D eigenvalue weighted by atomic mass is 10.1. The van der Waals surface area contributed by atoms with Gasteiger partial charge in [0.05, 0.1) is 17.1 Å². The summed E-state index contributed by atoms with van der Waals surface area (Å²) in [4.78, 5) is 13.0. The lowest BCUT2D eigenvalue weighted by Crippen LogP contribution is -2.24. The van der Waals surface area contributed by atoms with Gasteiger partial charge >= 0.3 is 0 Å². The zero-order valence-corrected chi connectivity index (χ0v) is 19.8. The number of anilines is 1. The quantitative estimate of drug-likeness (QED) is 0.388. The summed E-state index contributed by atoms with van der Waals surface area (Å²) in [6.45, 7) is 4.98. The highest BCUT2D eigenvalue weighted by Gasteiger charge is 2.16. The molecule has 2 rings (SSSR count). The van der Waals surface area contributed by atoms with Gasteiger partial charge in [0.15, 0.2) is 0 Å². The molecule has 30 heavy (non-hydrogen) atoms. The van der Waals surface area contributed by atoms with Crippen molar-refractivity contribution in [3.8, 4) is 5.75 Å². The van der Waals surface area contributed by atoms with E-state index >= 15 is 0 Å². The van der Waals surface area contributed by atoms with E-state index in [1.807, 2.05) is 13.0 Å². The molecule has 8 heteroatoms. The summed E-state index contributed by atoms with van der Waals surface area (Å²) in [6.07, 6.45) is 5.06. The number of unbranched alkanes of at least 4 members (excludes halogenated alkanes) is 3. The third-order valence-corrected chi connectivity index (χ3v) is 6.38. The maximum atomic E-state index is 12.8. The minimum Gasteiger partial charge on any atom is -0.493 e. The third kappa shape index (κ3) is 7.41. The predicted octanol–water partition coefficient (Wildman–Crippen LogP) is 5.35. The molecule has 0 spiro atoms. The number of amides is 1. The molecule has 1 amide bonds. The summed E-state index contributed by atoms with van der Waals surface area (Å²) in [5.74, 6) is 0.203. The van der Waals surface area contributed by atoms with E-state index in [0.717, 1.165) is 30.2 Å². The summed E-state index contributed by atoms with van der Waals surface area (Å²) in [5.41, 5.74) is 0.921. The normalized spacial score (nSPS) is 11.3. The summed E-state index contributed by atoms with van der Waals surface area (Å²) in [6, 6.07) is 11.4. The molecule has 0 aliphatic heterocycles. The van der Waals surface area contributed by atoms with Crippen molar-refractivity contribution in [2.45, 2.75) is 50.8 Å². The lowest BCUT2D eigenvalue weighted by Gasteiger charge is -2.13. The van der Waals surface area contributed by atoms with Crippen molar-refractivity contribution in [2.75, 3.05) is 18.5 Å². The Morgan fingerprint density at radius 2 is 1.73 bits per heavy atom. The van der Waals surface area contributed by atoms with E-state index in [4.69, 9.17) is 4.74 Å². The number of carbonyl (C=O) groups excluding carboxylic acids is 1. The number of hydrogen-bond acceptors (Lipinski definition) is 4. The Morgan fingerprint density at radius 1 is 1.00 bits per heavy atom. The standard InChI is InChI=1S/C22H29BrN2O4S/c1-3-5-6-7-15-29-21-13-8-17(23)16-20(21)22(26)25-18-9-11-19(12-10-18)30(27,28)24-14-4-2/h8-13,16,24H,3-7,14-15H2,1-2H3,(H,25,26). The van der Waals surface area contributed by atoms with Crippen molar-refractivity contribution < 1.29 is 17.9 Å². The zero-order chi connectivity index (χ0) is 22.0. The van der Waals surface area contributed by atoms with Crippen LogP contribution in [-0.2, 0) is 10.0 Å². The molecule has 6 nitrogen and oxygen atoms in total. The summed E-state index contributed by atoms with van der Waals surface area (Å²) in [5, 5.41) is 2.80. The van der Waals surface area contributed by atoms with Crippen LogP contribution in [0.3, 0.4) is 0 Å². The molecular formula is C22H29BrN2O4S. The molecule has 0 bridgehead atoms. The van der Waals surface area contributed by atoms with E-state index in [0.29, 0.717) is 36.6 Å². The van der Waals surface area contributed by atoms with E-state index < -0.39 is 10.0 Å². The molecule has 164 valence electrons. The third-order valence-electron chi connectivity index (χ3n) is 4.41. The molecule has 2 N–H and O–H groups in total. The fraction of sp³-hybridized carbons (Fsp3) is 0.409. The minimum atomic E-state index is -3.54. The Balaban J connectivity index is 2.07. The predicted molar refractivity (Wildman–Crippen MR) is 124 cm³/mol. The van der Waals surface area contributed by atoms with Crippen LogP contribution in [0.25, 0.3) is 0 Å². The van der Waals surface area contributed by atoms with Gasteiger partial charge in [-0.15, -0.1) is 0 Å². The number of nitrogens with one attached hydrogen (secondary N) is 2. The van der Waals surface area contributed by atoms with E-state index in [1.54, 1.807) is 24.3 Å². The highest BCUT2D eigenvalue weighted by atomic mass is 79.9. The largest absolute Gasteiger partial charge is 0.493 e. The molecule has 0 aromatic heterocycles. The molecule has 0 saturated heterocycles. The number of carbonyl (C=O) groups is 1. The fourth-order valence-corrected chi connectivity index (χ4v) is 4.25. The van der Waals surface area contributed by atoms with Gasteiger partial charge in [0.1, 0.15) is 5.75 Å². The topological polar surface area (TPSA) is 84.5 Å². The maximum Gasteiger partial charge on any atom is 0.259 e. The van der Waals surface area contributed by atoms with Crippen molar-refractivity contribution in [3.05, 3.63) is 52.5 Å². The molecule has 0 radical (unpaired) electrons. The summed E-state index contributed by atoms with van der Waals surface area (Å²) in [7, 11) is -3.54. The Morgan fingerprint density at radius 3 is 2.40 bits per heavy atom. The van der Waals surface area contributed by atoms with Crippen LogP contribution >= 0.6 is 15.9 Å². The first kappa shape index (κ1) is 24.4. The molecule has 0 aliphatic carbocycles. The van der Waals surface area contributed by atoms with Crippen LogP contribution in [-0.4, -0.2) is 27.5 Å². The van der Waals surface area contributed by atoms with Gasteiger partial charge in [-0.3, -0.25) is 4.79 Å². The van der Waals surface area contributed by atoms with Gasteiger partial charge in [0.25, 0.3) is 5.91 Å². The van der Waals surface area contributed by atoms with Gasteiger partial charge in [-0.1, -0.05) is 49.0 Å². The Labute approximate surface area is 187 Å². The fourth-order valence-electron chi connectivity index (χ4n) is 2.75. The molecular weight excluding hydrogens is 468 g/mol. The number of rotatable bonds is 12. The van der Waals surface area contributed by atoms with Crippen molar-refractivity contribution >= 4 is 37.5 Å². The maximum absolute atomic E-state index is 12.8. The van der Waals surface area contributed by atoms with E-state index in [2.05, 4.69) is 32.9 Å². The monoisotopic (exact) mass is 496 g/mol. The van der Waals surface area contributed by atoms with Gasteiger partial charge in [-0.25, -0.2) is 13.1 Å². The van der Waals surface area contributed by atoms with Crippen LogP contribution in [0.15, 0.2) is 51.8 Å². The molecule has 2 aromatic carbocycles. The number of hydrogen-bond donors (Lipinski definition) is 2. The second kappa shape index (κ2) is 12.1. The van der Waals surface area contributed by atoms with Crippen LogP contribution in [0.5, 0.6) is 5.75 Å². The van der Waals surface area contributed by atoms with Gasteiger partial charge in [-0.2, -0.15) is 0 Å². The van der Waals surface area contributed by atoms with Crippen LogP contribution in [0.2, 0.25) is 0 Å². The highest BCUT2D eigenvalue weighted by molar-refractivity contribution is 9.10. The van der Waals surface area contributed by atoms with Crippen LogP contribution in [0, 0.1) is 0 Å². The first-order valence-electron chi connectivity index (χ1n) is 10.2. The van der Waals surface area contributed by atoms with E-state index in [9.17, 15) is 13.2 Å². The first-order chi connectivity index (χ1) is 14.4. The highest BCUT2D eigenvalue weighted by Crippen LogP contribution is 2.25.